The van der Waals surface area contributed by atoms with Gasteiger partial charge in [-0.25, -0.2) is 4.39 Å². The highest BCUT2D eigenvalue weighted by molar-refractivity contribution is 7.99. The number of amides is 1. The molecule has 0 aliphatic carbocycles. The number of carbonyl (C=O) groups excluding carboxylic acids is 1. The van der Waals surface area contributed by atoms with Gasteiger partial charge in [-0.15, -0.1) is 10.2 Å². The van der Waals surface area contributed by atoms with Gasteiger partial charge in [-0.05, 0) is 57.1 Å². The second kappa shape index (κ2) is 9.89. The van der Waals surface area contributed by atoms with Crippen molar-refractivity contribution in [2.45, 2.75) is 37.4 Å². The van der Waals surface area contributed by atoms with Gasteiger partial charge >= 0.3 is 0 Å². The van der Waals surface area contributed by atoms with E-state index < -0.39 is 0 Å². The molecule has 4 rings (SSSR count). The van der Waals surface area contributed by atoms with E-state index in [1.807, 2.05) is 9.47 Å². The monoisotopic (exact) mass is 433 g/mol. The van der Waals surface area contributed by atoms with Gasteiger partial charge in [0.1, 0.15) is 5.82 Å². The molecular weight excluding hydrogens is 405 g/mol. The predicted molar refractivity (Wildman–Crippen MR) is 113 cm³/mol. The summed E-state index contributed by atoms with van der Waals surface area (Å²) in [6, 6.07) is 6.45. The van der Waals surface area contributed by atoms with Gasteiger partial charge in [0.2, 0.25) is 5.91 Å². The van der Waals surface area contributed by atoms with Gasteiger partial charge in [0.15, 0.2) is 11.0 Å². The molecule has 162 valence electrons. The van der Waals surface area contributed by atoms with Gasteiger partial charge in [-0.1, -0.05) is 18.2 Å². The van der Waals surface area contributed by atoms with Crippen LogP contribution in [-0.4, -0.2) is 75.6 Å². The van der Waals surface area contributed by atoms with Crippen LogP contribution < -0.4 is 0 Å². The van der Waals surface area contributed by atoms with E-state index in [1.54, 1.807) is 12.1 Å². The van der Waals surface area contributed by atoms with E-state index in [-0.39, 0.29) is 23.5 Å². The standard InChI is InChI=1S/C21H28FN5O2S/c1-16(25-9-3-2-4-10-25)20-23-24-21(27(20)18-7-5-17(22)6-8-18)30-15-19(28)26-11-13-29-14-12-26/h5-8,16H,2-4,9-15H2,1H3. The minimum Gasteiger partial charge on any atom is -0.378 e. The molecule has 0 spiro atoms. The zero-order chi connectivity index (χ0) is 20.9. The van der Waals surface area contributed by atoms with Crippen molar-refractivity contribution in [3.05, 3.63) is 35.9 Å². The summed E-state index contributed by atoms with van der Waals surface area (Å²) in [6.07, 6.45) is 3.63. The molecule has 2 saturated heterocycles. The lowest BCUT2D eigenvalue weighted by atomic mass is 10.1. The van der Waals surface area contributed by atoms with Crippen LogP contribution in [-0.2, 0) is 9.53 Å². The molecule has 1 aromatic heterocycles. The van der Waals surface area contributed by atoms with Crippen molar-refractivity contribution in [2.75, 3.05) is 45.1 Å². The molecule has 2 fully saturated rings. The molecular formula is C21H28FN5O2S. The first-order chi connectivity index (χ1) is 14.6. The van der Waals surface area contributed by atoms with Crippen molar-refractivity contribution in [2.24, 2.45) is 0 Å². The smallest absolute Gasteiger partial charge is 0.233 e. The number of ether oxygens (including phenoxy) is 1. The quantitative estimate of drug-likeness (QED) is 0.653. The fourth-order valence-electron chi connectivity index (χ4n) is 3.98. The molecule has 1 atom stereocenters. The van der Waals surface area contributed by atoms with Crippen LogP contribution in [0.1, 0.15) is 38.1 Å². The van der Waals surface area contributed by atoms with E-state index in [9.17, 15) is 9.18 Å². The molecule has 9 heteroatoms. The lowest BCUT2D eigenvalue weighted by molar-refractivity contribution is -0.132. The van der Waals surface area contributed by atoms with Crippen LogP contribution in [0.2, 0.25) is 0 Å². The zero-order valence-corrected chi connectivity index (χ0v) is 18.1. The lowest BCUT2D eigenvalue weighted by Gasteiger charge is -2.32. The maximum atomic E-state index is 13.5. The second-order valence-electron chi connectivity index (χ2n) is 7.71. The number of morpholine rings is 1. The number of benzene rings is 1. The minimum atomic E-state index is -0.283. The highest BCUT2D eigenvalue weighted by Gasteiger charge is 2.26. The highest BCUT2D eigenvalue weighted by atomic mass is 32.2. The SMILES string of the molecule is CC(c1nnc(SCC(=O)N2CCOCC2)n1-c1ccc(F)cc1)N1CCCCC1. The summed E-state index contributed by atoms with van der Waals surface area (Å²) >= 11 is 1.38. The third kappa shape index (κ3) is 4.84. The summed E-state index contributed by atoms with van der Waals surface area (Å²) in [5.41, 5.74) is 0.807. The predicted octanol–water partition coefficient (Wildman–Crippen LogP) is 2.90. The van der Waals surface area contributed by atoms with Gasteiger partial charge in [0, 0.05) is 18.8 Å². The van der Waals surface area contributed by atoms with Gasteiger partial charge < -0.3 is 9.64 Å². The topological polar surface area (TPSA) is 63.5 Å². The number of aromatic nitrogens is 3. The molecule has 2 aromatic rings. The van der Waals surface area contributed by atoms with E-state index in [0.717, 1.165) is 24.6 Å². The molecule has 0 N–H and O–H groups in total. The molecule has 0 bridgehead atoms. The Morgan fingerprint density at radius 2 is 1.80 bits per heavy atom. The van der Waals surface area contributed by atoms with Crippen LogP contribution in [0, 0.1) is 5.82 Å². The third-order valence-corrected chi connectivity index (χ3v) is 6.66. The number of carbonyl (C=O) groups is 1. The number of rotatable bonds is 6. The fourth-order valence-corrected chi connectivity index (χ4v) is 4.84. The maximum Gasteiger partial charge on any atom is 0.233 e. The Balaban J connectivity index is 1.57. The van der Waals surface area contributed by atoms with E-state index in [0.29, 0.717) is 31.5 Å². The third-order valence-electron chi connectivity index (χ3n) is 5.74. The Labute approximate surface area is 180 Å². The van der Waals surface area contributed by atoms with E-state index >= 15 is 0 Å². The Kier molecular flexibility index (Phi) is 7.01. The molecule has 0 radical (unpaired) electrons. The molecule has 1 amide bonds. The molecule has 30 heavy (non-hydrogen) atoms. The van der Waals surface area contributed by atoms with Crippen LogP contribution in [0.4, 0.5) is 4.39 Å². The van der Waals surface area contributed by atoms with Crippen molar-refractivity contribution in [1.82, 2.24) is 24.6 Å². The van der Waals surface area contributed by atoms with Crippen LogP contribution in [0.3, 0.4) is 0 Å². The Bertz CT molecular complexity index is 848. The number of hydrogen-bond donors (Lipinski definition) is 0. The lowest BCUT2D eigenvalue weighted by Crippen LogP contribution is -2.41. The number of nitrogens with zero attached hydrogens (tertiary/aromatic N) is 5. The minimum absolute atomic E-state index is 0.0718. The van der Waals surface area contributed by atoms with Crippen molar-refractivity contribution < 1.29 is 13.9 Å². The fraction of sp³-hybridized carbons (Fsp3) is 0.571. The largest absolute Gasteiger partial charge is 0.378 e. The first-order valence-corrected chi connectivity index (χ1v) is 11.6. The van der Waals surface area contributed by atoms with Crippen LogP contribution in [0.25, 0.3) is 5.69 Å². The molecule has 1 unspecified atom stereocenters. The van der Waals surface area contributed by atoms with Crippen LogP contribution >= 0.6 is 11.8 Å². The molecule has 2 aliphatic heterocycles. The van der Waals surface area contributed by atoms with Gasteiger partial charge in [0.05, 0.1) is 25.0 Å². The Hall–Kier alpha value is -1.97. The molecule has 0 saturated carbocycles. The van der Waals surface area contributed by atoms with Crippen molar-refractivity contribution >= 4 is 17.7 Å². The average Bonchev–Trinajstić information content (AvgIpc) is 3.22. The maximum absolute atomic E-state index is 13.5. The zero-order valence-electron chi connectivity index (χ0n) is 17.3. The summed E-state index contributed by atoms with van der Waals surface area (Å²) in [6.45, 7) is 6.63. The summed E-state index contributed by atoms with van der Waals surface area (Å²) in [5, 5.41) is 9.56. The molecule has 2 aliphatic rings. The first-order valence-electron chi connectivity index (χ1n) is 10.6. The Morgan fingerprint density at radius 3 is 2.50 bits per heavy atom. The number of halogens is 1. The van der Waals surface area contributed by atoms with Crippen LogP contribution in [0.5, 0.6) is 0 Å². The number of likely N-dealkylation sites (tertiary alicyclic amines) is 1. The summed E-state index contributed by atoms with van der Waals surface area (Å²) < 4.78 is 20.8. The summed E-state index contributed by atoms with van der Waals surface area (Å²) in [4.78, 5) is 16.8. The van der Waals surface area contributed by atoms with Crippen molar-refractivity contribution in [3.63, 3.8) is 0 Å². The van der Waals surface area contributed by atoms with Gasteiger partial charge in [-0.2, -0.15) is 0 Å². The van der Waals surface area contributed by atoms with Crippen molar-refractivity contribution in [1.29, 1.82) is 0 Å². The average molecular weight is 434 g/mol. The van der Waals surface area contributed by atoms with Gasteiger partial charge in [0.25, 0.3) is 0 Å². The Morgan fingerprint density at radius 1 is 1.10 bits per heavy atom. The van der Waals surface area contributed by atoms with Crippen molar-refractivity contribution in [3.8, 4) is 5.69 Å². The van der Waals surface area contributed by atoms with Gasteiger partial charge in [-0.3, -0.25) is 14.3 Å². The normalized spacial score (nSPS) is 19.1. The second-order valence-corrected chi connectivity index (χ2v) is 8.65. The molecule has 3 heterocycles. The molecule has 7 nitrogen and oxygen atoms in total. The highest BCUT2D eigenvalue weighted by Crippen LogP contribution is 2.29. The number of hydrogen-bond acceptors (Lipinski definition) is 6. The van der Waals surface area contributed by atoms with E-state index in [1.165, 1.54) is 43.2 Å². The molecule has 1 aromatic carbocycles. The first kappa shape index (κ1) is 21.3. The summed E-state index contributed by atoms with van der Waals surface area (Å²) in [5.74, 6) is 0.902. The summed E-state index contributed by atoms with van der Waals surface area (Å²) in [7, 11) is 0. The number of piperidine rings is 1. The van der Waals surface area contributed by atoms with Crippen LogP contribution in [0.15, 0.2) is 29.4 Å². The number of thioether (sulfide) groups is 1. The van der Waals surface area contributed by atoms with E-state index in [4.69, 9.17) is 4.74 Å². The van der Waals surface area contributed by atoms with E-state index in [2.05, 4.69) is 22.0 Å².